The fraction of sp³-hybridized carbons (Fsp3) is 0.143. The molecule has 12 heteroatoms. The zero-order valence-electron chi connectivity index (χ0n) is 17.6. The van der Waals surface area contributed by atoms with Gasteiger partial charge in [0.1, 0.15) is 5.69 Å². The summed E-state index contributed by atoms with van der Waals surface area (Å²) in [4.78, 5) is 56.7. The van der Waals surface area contributed by atoms with Gasteiger partial charge >= 0.3 is 5.69 Å². The Morgan fingerprint density at radius 1 is 1.09 bits per heavy atom. The van der Waals surface area contributed by atoms with Crippen LogP contribution in [0.2, 0.25) is 0 Å². The Morgan fingerprint density at radius 3 is 2.52 bits per heavy atom. The molecule has 0 atom stereocenters. The number of hydrogen-bond donors (Lipinski definition) is 4. The Morgan fingerprint density at radius 2 is 1.85 bits per heavy atom. The van der Waals surface area contributed by atoms with Crippen molar-refractivity contribution in [2.75, 3.05) is 6.26 Å². The first-order valence-corrected chi connectivity index (χ1v) is 11.6. The topological polar surface area (TPSA) is 167 Å². The second kappa shape index (κ2) is 8.06. The number of aryl methyl sites for hydroxylation is 1. The summed E-state index contributed by atoms with van der Waals surface area (Å²) in [6, 6.07) is 8.36. The van der Waals surface area contributed by atoms with Gasteiger partial charge in [-0.1, -0.05) is 11.6 Å². The molecule has 11 nitrogen and oxygen atoms in total. The highest BCUT2D eigenvalue weighted by Crippen LogP contribution is 2.34. The summed E-state index contributed by atoms with van der Waals surface area (Å²) >= 11 is 0. The van der Waals surface area contributed by atoms with Crippen LogP contribution >= 0.6 is 0 Å². The number of aromatic amines is 3. The number of sulfonamides is 1. The van der Waals surface area contributed by atoms with Crippen molar-refractivity contribution in [3.8, 4) is 11.1 Å². The standard InChI is InChI=1S/C21H19N5O6S/c1-11-5-6-15-14(8-11)16(13-4-3-7-22-19(13)28)17(20(29)25-33(2,31)32)26(15)10-12-9-23-21(30)24-18(12)27/h3-9H,10H2,1-2H3,(H,22,28)(H,25,29)(H2,23,24,27,30). The molecule has 0 fully saturated rings. The van der Waals surface area contributed by atoms with Crippen LogP contribution in [-0.4, -0.2) is 40.1 Å². The molecule has 0 saturated heterocycles. The van der Waals surface area contributed by atoms with E-state index in [0.717, 1.165) is 11.8 Å². The summed E-state index contributed by atoms with van der Waals surface area (Å²) < 4.78 is 27.1. The molecule has 0 bridgehead atoms. The van der Waals surface area contributed by atoms with Gasteiger partial charge < -0.3 is 14.5 Å². The van der Waals surface area contributed by atoms with Gasteiger partial charge in [-0.3, -0.25) is 19.4 Å². The lowest BCUT2D eigenvalue weighted by Crippen LogP contribution is -2.32. The second-order valence-corrected chi connectivity index (χ2v) is 9.29. The molecule has 0 aliphatic carbocycles. The maximum absolute atomic E-state index is 13.2. The molecule has 0 aliphatic heterocycles. The van der Waals surface area contributed by atoms with Gasteiger partial charge in [0.15, 0.2) is 0 Å². The van der Waals surface area contributed by atoms with Gasteiger partial charge in [-0.25, -0.2) is 17.9 Å². The van der Waals surface area contributed by atoms with Crippen molar-refractivity contribution in [1.29, 1.82) is 0 Å². The van der Waals surface area contributed by atoms with E-state index in [1.165, 1.54) is 23.0 Å². The Bertz CT molecular complexity index is 1690. The molecule has 0 unspecified atom stereocenters. The van der Waals surface area contributed by atoms with Crippen LogP contribution in [0.4, 0.5) is 0 Å². The molecule has 4 rings (SSSR count). The highest BCUT2D eigenvalue weighted by atomic mass is 32.2. The Balaban J connectivity index is 2.11. The molecule has 0 spiro atoms. The normalized spacial score (nSPS) is 11.6. The fourth-order valence-electron chi connectivity index (χ4n) is 3.70. The molecule has 3 aromatic heterocycles. The van der Waals surface area contributed by atoms with E-state index in [-0.39, 0.29) is 28.9 Å². The number of amides is 1. The Labute approximate surface area is 186 Å². The van der Waals surface area contributed by atoms with Crippen molar-refractivity contribution < 1.29 is 13.2 Å². The predicted molar refractivity (Wildman–Crippen MR) is 122 cm³/mol. The molecular weight excluding hydrogens is 450 g/mol. The smallest absolute Gasteiger partial charge is 0.325 e. The molecule has 170 valence electrons. The first kappa shape index (κ1) is 22.0. The number of H-pyrrole nitrogens is 3. The molecule has 3 heterocycles. The van der Waals surface area contributed by atoms with E-state index in [1.807, 2.05) is 11.6 Å². The number of carbonyl (C=O) groups excluding carboxylic acids is 1. The third-order valence-corrected chi connectivity index (χ3v) is 5.58. The molecule has 4 aromatic rings. The zero-order chi connectivity index (χ0) is 23.9. The van der Waals surface area contributed by atoms with Crippen LogP contribution in [0.3, 0.4) is 0 Å². The number of benzene rings is 1. The van der Waals surface area contributed by atoms with Gasteiger partial charge in [-0.05, 0) is 31.2 Å². The van der Waals surface area contributed by atoms with Crippen molar-refractivity contribution in [2.45, 2.75) is 13.5 Å². The number of aromatic nitrogens is 4. The summed E-state index contributed by atoms with van der Waals surface area (Å²) in [6.45, 7) is 1.65. The molecule has 0 radical (unpaired) electrons. The van der Waals surface area contributed by atoms with Gasteiger partial charge in [0.2, 0.25) is 10.0 Å². The highest BCUT2D eigenvalue weighted by Gasteiger charge is 2.27. The van der Waals surface area contributed by atoms with Crippen LogP contribution in [-0.2, 0) is 16.6 Å². The molecule has 1 aromatic carbocycles. The number of pyridine rings is 1. The average molecular weight is 469 g/mol. The molecule has 1 amide bonds. The van der Waals surface area contributed by atoms with Crippen LogP contribution in [0.1, 0.15) is 21.6 Å². The van der Waals surface area contributed by atoms with Crippen LogP contribution in [0.5, 0.6) is 0 Å². The largest absolute Gasteiger partial charge is 0.331 e. The summed E-state index contributed by atoms with van der Waals surface area (Å²) in [5, 5.41) is 0.520. The number of carbonyl (C=O) groups is 1. The lowest BCUT2D eigenvalue weighted by atomic mass is 10.0. The molecular formula is C21H19N5O6S. The summed E-state index contributed by atoms with van der Waals surface area (Å²) in [5.41, 5.74) is -0.137. The summed E-state index contributed by atoms with van der Waals surface area (Å²) in [6.07, 6.45) is 3.49. The minimum Gasteiger partial charge on any atom is -0.331 e. The summed E-state index contributed by atoms with van der Waals surface area (Å²) in [7, 11) is -3.94. The quantitative estimate of drug-likeness (QED) is 0.330. The van der Waals surface area contributed by atoms with E-state index in [2.05, 4.69) is 15.0 Å². The van der Waals surface area contributed by atoms with Gasteiger partial charge in [-0.2, -0.15) is 0 Å². The number of nitrogens with zero attached hydrogens (tertiary/aromatic N) is 1. The third kappa shape index (κ3) is 4.28. The van der Waals surface area contributed by atoms with Gasteiger partial charge in [0.05, 0.1) is 18.4 Å². The van der Waals surface area contributed by atoms with Gasteiger partial charge in [-0.15, -0.1) is 0 Å². The van der Waals surface area contributed by atoms with Crippen LogP contribution in [0, 0.1) is 6.92 Å². The minimum absolute atomic E-state index is 0.119. The van der Waals surface area contributed by atoms with Crippen LogP contribution < -0.4 is 21.5 Å². The van der Waals surface area contributed by atoms with E-state index in [0.29, 0.717) is 10.9 Å². The van der Waals surface area contributed by atoms with Gasteiger partial charge in [0.25, 0.3) is 17.0 Å². The maximum Gasteiger partial charge on any atom is 0.325 e. The van der Waals surface area contributed by atoms with Crippen molar-refractivity contribution in [3.63, 3.8) is 0 Å². The zero-order valence-corrected chi connectivity index (χ0v) is 18.4. The van der Waals surface area contributed by atoms with E-state index >= 15 is 0 Å². The number of fused-ring (bicyclic) bond motifs is 1. The molecule has 4 N–H and O–H groups in total. The van der Waals surface area contributed by atoms with E-state index in [1.54, 1.807) is 24.3 Å². The Hall–Kier alpha value is -4.19. The SMILES string of the molecule is Cc1ccc2c(c1)c(-c1ccc[nH]c1=O)c(C(=O)NS(C)(=O)=O)n2Cc1c[nH]c(=O)[nH]c1=O. The predicted octanol–water partition coefficient (Wildman–Crippen LogP) is 0.419. The monoisotopic (exact) mass is 469 g/mol. The first-order chi connectivity index (χ1) is 15.5. The number of nitrogens with one attached hydrogen (secondary N) is 4. The molecule has 33 heavy (non-hydrogen) atoms. The van der Waals surface area contributed by atoms with E-state index in [4.69, 9.17) is 0 Å². The number of hydrogen-bond acceptors (Lipinski definition) is 6. The van der Waals surface area contributed by atoms with Crippen LogP contribution in [0.15, 0.2) is 57.1 Å². The van der Waals surface area contributed by atoms with Crippen molar-refractivity contribution in [3.05, 3.63) is 90.7 Å². The highest BCUT2D eigenvalue weighted by molar-refractivity contribution is 7.89. The molecule has 0 aliphatic rings. The third-order valence-electron chi connectivity index (χ3n) is 5.02. The minimum atomic E-state index is -3.94. The second-order valence-electron chi connectivity index (χ2n) is 7.54. The van der Waals surface area contributed by atoms with E-state index < -0.39 is 32.7 Å². The van der Waals surface area contributed by atoms with Crippen molar-refractivity contribution in [1.82, 2.24) is 24.2 Å². The Kier molecular flexibility index (Phi) is 5.38. The van der Waals surface area contributed by atoms with Gasteiger partial charge in [0, 0.05) is 34.4 Å². The number of rotatable bonds is 5. The average Bonchev–Trinajstić information content (AvgIpc) is 3.02. The summed E-state index contributed by atoms with van der Waals surface area (Å²) in [5.74, 6) is -0.967. The fourth-order valence-corrected chi connectivity index (χ4v) is 4.14. The van der Waals surface area contributed by atoms with Crippen LogP contribution in [0.25, 0.3) is 22.0 Å². The van der Waals surface area contributed by atoms with Crippen molar-refractivity contribution >= 4 is 26.8 Å². The lowest BCUT2D eigenvalue weighted by molar-refractivity contribution is 0.0974. The van der Waals surface area contributed by atoms with E-state index in [9.17, 15) is 27.6 Å². The van der Waals surface area contributed by atoms with Crippen molar-refractivity contribution in [2.24, 2.45) is 0 Å². The lowest BCUT2D eigenvalue weighted by Gasteiger charge is -2.12. The first-order valence-electron chi connectivity index (χ1n) is 9.69. The molecule has 0 saturated carbocycles. The maximum atomic E-state index is 13.2.